The molecule has 8 heteroatoms. The van der Waals surface area contributed by atoms with Crippen molar-refractivity contribution < 1.29 is 14.3 Å². The Labute approximate surface area is 164 Å². The van der Waals surface area contributed by atoms with Crippen molar-refractivity contribution in [2.24, 2.45) is 0 Å². The number of carbonyl (C=O) groups excluding carboxylic acids is 2. The van der Waals surface area contributed by atoms with Gasteiger partial charge in [-0.25, -0.2) is 4.79 Å². The van der Waals surface area contributed by atoms with Crippen LogP contribution in [0.4, 0.5) is 4.79 Å². The van der Waals surface area contributed by atoms with E-state index in [2.05, 4.69) is 15.7 Å². The van der Waals surface area contributed by atoms with E-state index in [9.17, 15) is 9.59 Å². The molecule has 27 heavy (non-hydrogen) atoms. The van der Waals surface area contributed by atoms with E-state index in [0.29, 0.717) is 11.6 Å². The van der Waals surface area contributed by atoms with Gasteiger partial charge >= 0.3 is 6.09 Å². The molecule has 0 unspecified atom stereocenters. The van der Waals surface area contributed by atoms with Gasteiger partial charge in [0.05, 0.1) is 6.04 Å². The minimum atomic E-state index is -0.568. The predicted octanol–water partition coefficient (Wildman–Crippen LogP) is 3.16. The van der Waals surface area contributed by atoms with Gasteiger partial charge in [-0.3, -0.25) is 9.48 Å². The lowest BCUT2D eigenvalue weighted by Gasteiger charge is -2.20. The first-order valence-corrected chi connectivity index (χ1v) is 9.10. The molecular weight excluding hydrogens is 368 g/mol. The van der Waals surface area contributed by atoms with Gasteiger partial charge in [0, 0.05) is 36.9 Å². The first-order chi connectivity index (χ1) is 12.7. The molecule has 2 N–H and O–H groups in total. The number of benzene rings is 1. The summed E-state index contributed by atoms with van der Waals surface area (Å²) in [6.07, 6.45) is 3.15. The molecule has 2 amide bonds. The number of hydrogen-bond donors (Lipinski definition) is 2. The maximum absolute atomic E-state index is 12.1. The summed E-state index contributed by atoms with van der Waals surface area (Å²) in [4.78, 5) is 23.7. The number of nitrogens with zero attached hydrogens (tertiary/aromatic N) is 2. The molecule has 0 spiro atoms. The molecule has 1 aromatic heterocycles. The summed E-state index contributed by atoms with van der Waals surface area (Å²) in [6, 6.07) is 9.10. The van der Waals surface area contributed by atoms with Crippen molar-refractivity contribution >= 4 is 23.6 Å². The fourth-order valence-corrected chi connectivity index (χ4v) is 2.53. The Bertz CT molecular complexity index is 739. The van der Waals surface area contributed by atoms with E-state index >= 15 is 0 Å². The number of nitrogens with one attached hydrogen (secondary N) is 2. The van der Waals surface area contributed by atoms with Crippen molar-refractivity contribution in [1.82, 2.24) is 20.4 Å². The maximum atomic E-state index is 12.1. The number of amides is 2. The van der Waals surface area contributed by atoms with Crippen LogP contribution in [0, 0.1) is 0 Å². The van der Waals surface area contributed by atoms with Crippen LogP contribution in [0.3, 0.4) is 0 Å². The van der Waals surface area contributed by atoms with Gasteiger partial charge in [-0.2, -0.15) is 5.10 Å². The molecule has 7 nitrogen and oxygen atoms in total. The van der Waals surface area contributed by atoms with Gasteiger partial charge in [-0.15, -0.1) is 0 Å². The highest BCUT2D eigenvalue weighted by molar-refractivity contribution is 6.30. The fraction of sp³-hybridized carbons (Fsp3) is 0.421. The third-order valence-corrected chi connectivity index (χ3v) is 3.86. The highest BCUT2D eigenvalue weighted by Crippen LogP contribution is 2.19. The molecule has 0 aliphatic carbocycles. The predicted molar refractivity (Wildman–Crippen MR) is 104 cm³/mol. The first-order valence-electron chi connectivity index (χ1n) is 8.73. The topological polar surface area (TPSA) is 85.2 Å². The highest BCUT2D eigenvalue weighted by Gasteiger charge is 2.17. The molecule has 2 rings (SSSR count). The molecule has 0 bridgehead atoms. The lowest BCUT2D eigenvalue weighted by Crippen LogP contribution is -2.36. The van der Waals surface area contributed by atoms with E-state index in [1.165, 1.54) is 0 Å². The Balaban J connectivity index is 1.85. The molecule has 146 valence electrons. The monoisotopic (exact) mass is 392 g/mol. The second kappa shape index (κ2) is 9.41. The molecule has 2 aromatic rings. The average Bonchev–Trinajstić information content (AvgIpc) is 3.09. The van der Waals surface area contributed by atoms with E-state index in [1.807, 2.05) is 24.4 Å². The van der Waals surface area contributed by atoms with Crippen molar-refractivity contribution in [1.29, 1.82) is 0 Å². The molecule has 0 saturated heterocycles. The van der Waals surface area contributed by atoms with Crippen LogP contribution >= 0.6 is 11.6 Å². The molecular formula is C19H25ClN4O3. The number of hydrogen-bond acceptors (Lipinski definition) is 4. The molecule has 0 saturated carbocycles. The van der Waals surface area contributed by atoms with Gasteiger partial charge in [-0.05, 0) is 44.5 Å². The Morgan fingerprint density at radius 2 is 1.93 bits per heavy atom. The van der Waals surface area contributed by atoms with Crippen molar-refractivity contribution in [3.05, 3.63) is 53.3 Å². The summed E-state index contributed by atoms with van der Waals surface area (Å²) in [5.74, 6) is -0.169. The second-order valence-electron chi connectivity index (χ2n) is 7.04. The van der Waals surface area contributed by atoms with E-state index in [-0.39, 0.29) is 24.9 Å². The zero-order chi connectivity index (χ0) is 19.9. The van der Waals surface area contributed by atoms with Crippen LogP contribution in [0.5, 0.6) is 0 Å². The van der Waals surface area contributed by atoms with Crippen LogP contribution in [-0.2, 0) is 9.53 Å². The van der Waals surface area contributed by atoms with Crippen LogP contribution in [0.15, 0.2) is 42.7 Å². The van der Waals surface area contributed by atoms with Crippen LogP contribution in [0.1, 0.15) is 38.8 Å². The number of alkyl carbamates (subject to hydrolysis) is 1. The second-order valence-corrected chi connectivity index (χ2v) is 7.47. The van der Waals surface area contributed by atoms with E-state index in [4.69, 9.17) is 16.3 Å². The van der Waals surface area contributed by atoms with Gasteiger partial charge in [0.2, 0.25) is 5.91 Å². The van der Waals surface area contributed by atoms with Gasteiger partial charge in [-0.1, -0.05) is 23.7 Å². The third kappa shape index (κ3) is 7.30. The Kier molecular flexibility index (Phi) is 7.24. The standard InChI is InChI=1S/C19H25ClN4O3/c1-19(2,3)27-18(26)21-11-9-17(25)22-13-16(24-12-4-10-23-24)14-5-7-15(20)8-6-14/h4-8,10,12,16H,9,11,13H2,1-3H3,(H,21,26)(H,22,25)/t16-/m1/s1. The summed E-state index contributed by atoms with van der Waals surface area (Å²) in [7, 11) is 0. The highest BCUT2D eigenvalue weighted by atomic mass is 35.5. The SMILES string of the molecule is CC(C)(C)OC(=O)NCCC(=O)NC[C@H](c1ccc(Cl)cc1)n1cccn1. The van der Waals surface area contributed by atoms with Gasteiger partial charge < -0.3 is 15.4 Å². The lowest BCUT2D eigenvalue weighted by atomic mass is 10.1. The average molecular weight is 393 g/mol. The van der Waals surface area contributed by atoms with Gasteiger partial charge in [0.25, 0.3) is 0 Å². The minimum absolute atomic E-state index is 0.153. The third-order valence-electron chi connectivity index (χ3n) is 3.61. The van der Waals surface area contributed by atoms with Crippen LogP contribution in [0.2, 0.25) is 5.02 Å². The fourth-order valence-electron chi connectivity index (χ4n) is 2.41. The van der Waals surface area contributed by atoms with Crippen molar-refractivity contribution in [3.63, 3.8) is 0 Å². The summed E-state index contributed by atoms with van der Waals surface area (Å²) in [5, 5.41) is 10.4. The largest absolute Gasteiger partial charge is 0.444 e. The summed E-state index contributed by atoms with van der Waals surface area (Å²) in [5.41, 5.74) is 0.414. The maximum Gasteiger partial charge on any atom is 0.407 e. The Hall–Kier alpha value is -2.54. The van der Waals surface area contributed by atoms with Gasteiger partial charge in [0.15, 0.2) is 0 Å². The number of ether oxygens (including phenoxy) is 1. The first kappa shape index (κ1) is 20.8. The van der Waals surface area contributed by atoms with Crippen molar-refractivity contribution in [3.8, 4) is 0 Å². The van der Waals surface area contributed by atoms with Crippen molar-refractivity contribution in [2.45, 2.75) is 38.8 Å². The Morgan fingerprint density at radius 1 is 1.22 bits per heavy atom. The normalized spacial score (nSPS) is 12.3. The zero-order valence-corrected chi connectivity index (χ0v) is 16.5. The summed E-state index contributed by atoms with van der Waals surface area (Å²) < 4.78 is 6.91. The number of aromatic nitrogens is 2. The molecule has 1 heterocycles. The van der Waals surface area contributed by atoms with Crippen LogP contribution < -0.4 is 10.6 Å². The summed E-state index contributed by atoms with van der Waals surface area (Å²) >= 11 is 5.95. The smallest absolute Gasteiger partial charge is 0.407 e. The molecule has 0 radical (unpaired) electrons. The van der Waals surface area contributed by atoms with Crippen LogP contribution in [-0.4, -0.2) is 40.5 Å². The van der Waals surface area contributed by atoms with E-state index in [0.717, 1.165) is 5.56 Å². The van der Waals surface area contributed by atoms with Crippen molar-refractivity contribution in [2.75, 3.05) is 13.1 Å². The molecule has 1 atom stereocenters. The van der Waals surface area contributed by atoms with E-state index < -0.39 is 11.7 Å². The molecule has 0 aliphatic heterocycles. The minimum Gasteiger partial charge on any atom is -0.444 e. The lowest BCUT2D eigenvalue weighted by molar-refractivity contribution is -0.121. The Morgan fingerprint density at radius 3 is 2.52 bits per heavy atom. The number of carbonyl (C=O) groups is 2. The molecule has 0 fully saturated rings. The quantitative estimate of drug-likeness (QED) is 0.757. The van der Waals surface area contributed by atoms with E-state index in [1.54, 1.807) is 43.8 Å². The number of rotatable bonds is 7. The zero-order valence-electron chi connectivity index (χ0n) is 15.7. The summed E-state index contributed by atoms with van der Waals surface area (Å²) in [6.45, 7) is 5.92. The van der Waals surface area contributed by atoms with Crippen LogP contribution in [0.25, 0.3) is 0 Å². The molecule has 0 aliphatic rings. The van der Waals surface area contributed by atoms with Gasteiger partial charge in [0.1, 0.15) is 5.60 Å². The number of halogens is 1. The molecule has 1 aromatic carbocycles.